The van der Waals surface area contributed by atoms with Crippen LogP contribution in [0.25, 0.3) is 0 Å². The van der Waals surface area contributed by atoms with Gasteiger partial charge >= 0.3 is 5.97 Å². The van der Waals surface area contributed by atoms with Gasteiger partial charge < -0.3 is 28.5 Å². The Balaban J connectivity index is 5.33. The van der Waals surface area contributed by atoms with Crippen LogP contribution in [0, 0.1) is 0 Å². The molecule has 0 aliphatic carbocycles. The largest absolute Gasteiger partial charge is 0.756 e. The van der Waals surface area contributed by atoms with Crippen molar-refractivity contribution in [2.75, 3.05) is 40.9 Å². The lowest BCUT2D eigenvalue weighted by Crippen LogP contribution is -2.47. The van der Waals surface area contributed by atoms with Crippen LogP contribution in [-0.2, 0) is 27.9 Å². The summed E-state index contributed by atoms with van der Waals surface area (Å²) in [5.74, 6) is -0.661. The predicted molar refractivity (Wildman–Crippen MR) is 339 cm³/mol. The van der Waals surface area contributed by atoms with Crippen molar-refractivity contribution in [2.24, 2.45) is 0 Å². The Morgan fingerprint density at radius 1 is 0.456 bits per heavy atom. The van der Waals surface area contributed by atoms with Crippen molar-refractivity contribution >= 4 is 19.7 Å². The number of quaternary nitrogens is 1. The molecule has 0 saturated heterocycles. The second-order valence-corrected chi connectivity index (χ2v) is 23.2. The minimum atomic E-state index is -4.73. The van der Waals surface area contributed by atoms with Crippen LogP contribution in [0.15, 0.2) is 134 Å². The fourth-order valence-corrected chi connectivity index (χ4v) is 8.96. The molecule has 9 nitrogen and oxygen atoms in total. The highest BCUT2D eigenvalue weighted by molar-refractivity contribution is 7.45. The van der Waals surface area contributed by atoms with Crippen molar-refractivity contribution in [3.63, 3.8) is 0 Å². The number of phosphoric ester groups is 1. The fraction of sp³-hybridized carbons (Fsp3) is 0.652. The number of unbranched alkanes of at least 4 members (excludes halogenated alkanes) is 19. The van der Waals surface area contributed by atoms with Crippen molar-refractivity contribution in [1.29, 1.82) is 0 Å². The average Bonchev–Trinajstić information content (AvgIpc) is 3.41. The Morgan fingerprint density at radius 3 is 1.27 bits per heavy atom. The second kappa shape index (κ2) is 57.4. The molecule has 10 heteroatoms. The van der Waals surface area contributed by atoms with Crippen LogP contribution in [0.1, 0.15) is 239 Å². The molecule has 0 saturated carbocycles. The van der Waals surface area contributed by atoms with Gasteiger partial charge in [0, 0.05) is 12.8 Å². The highest BCUT2D eigenvalue weighted by Gasteiger charge is 2.27. The van der Waals surface area contributed by atoms with Gasteiger partial charge in [0.2, 0.25) is 5.91 Å². The van der Waals surface area contributed by atoms with E-state index in [1.165, 1.54) is 89.9 Å². The van der Waals surface area contributed by atoms with Gasteiger partial charge in [-0.15, -0.1) is 0 Å². The molecule has 0 rings (SSSR count). The van der Waals surface area contributed by atoms with Gasteiger partial charge in [0.25, 0.3) is 7.82 Å². The van der Waals surface area contributed by atoms with Crippen molar-refractivity contribution in [1.82, 2.24) is 5.32 Å². The molecule has 0 aromatic rings. The van der Waals surface area contributed by atoms with Gasteiger partial charge in [-0.25, -0.2) is 0 Å². The van der Waals surface area contributed by atoms with Crippen LogP contribution in [0.3, 0.4) is 0 Å². The quantitative estimate of drug-likeness (QED) is 0.0212. The summed E-state index contributed by atoms with van der Waals surface area (Å²) in [5.41, 5.74) is 0. The van der Waals surface area contributed by atoms with Crippen molar-refractivity contribution in [3.8, 4) is 0 Å². The molecule has 0 fully saturated rings. The number of carbonyl (C=O) groups excluding carboxylic acids is 2. The van der Waals surface area contributed by atoms with E-state index in [0.29, 0.717) is 23.9 Å². The number of allylic oxidation sites excluding steroid dienone is 21. The molecule has 1 amide bonds. The molecule has 79 heavy (non-hydrogen) atoms. The summed E-state index contributed by atoms with van der Waals surface area (Å²) in [6.07, 6.45) is 81.5. The number of nitrogens with one attached hydrogen (secondary N) is 1. The monoisotopic (exact) mass is 1120 g/mol. The van der Waals surface area contributed by atoms with Gasteiger partial charge in [0.05, 0.1) is 33.8 Å². The molecule has 0 spiro atoms. The van der Waals surface area contributed by atoms with Gasteiger partial charge in [-0.1, -0.05) is 245 Å². The molecule has 0 aromatic heterocycles. The predicted octanol–water partition coefficient (Wildman–Crippen LogP) is 19.0. The topological polar surface area (TPSA) is 114 Å². The van der Waals surface area contributed by atoms with E-state index < -0.39 is 26.6 Å². The number of phosphoric acid groups is 1. The van der Waals surface area contributed by atoms with E-state index in [9.17, 15) is 19.0 Å². The lowest BCUT2D eigenvalue weighted by atomic mass is 10.1. The van der Waals surface area contributed by atoms with Gasteiger partial charge in [-0.05, 0) is 115 Å². The van der Waals surface area contributed by atoms with Crippen LogP contribution >= 0.6 is 7.82 Å². The third-order valence-corrected chi connectivity index (χ3v) is 14.0. The van der Waals surface area contributed by atoms with E-state index >= 15 is 0 Å². The zero-order chi connectivity index (χ0) is 57.9. The molecule has 1 N–H and O–H groups in total. The number of carbonyl (C=O) groups is 2. The van der Waals surface area contributed by atoms with E-state index in [1.807, 2.05) is 39.4 Å². The van der Waals surface area contributed by atoms with Crippen LogP contribution in [0.5, 0.6) is 0 Å². The van der Waals surface area contributed by atoms with Crippen LogP contribution < -0.4 is 10.2 Å². The number of ether oxygens (including phenoxy) is 1. The molecule has 0 heterocycles. The van der Waals surface area contributed by atoms with E-state index in [4.69, 9.17) is 13.8 Å². The molecular formula is C69H117N2O7P. The zero-order valence-electron chi connectivity index (χ0n) is 51.3. The number of hydrogen-bond acceptors (Lipinski definition) is 7. The Bertz CT molecular complexity index is 1810. The molecule has 0 aromatic carbocycles. The van der Waals surface area contributed by atoms with Crippen LogP contribution in [-0.4, -0.2) is 69.4 Å². The third kappa shape index (κ3) is 58.6. The lowest BCUT2D eigenvalue weighted by molar-refractivity contribution is -0.870. The summed E-state index contributed by atoms with van der Waals surface area (Å²) in [6, 6.07) is -0.943. The molecular weight excluding hydrogens is 1000 g/mol. The highest BCUT2D eigenvalue weighted by atomic mass is 31.2. The SMILES string of the molecule is CC/C=C\C/C=C\C/C=C\C/C=C\C/C=C\C/C=C\CCC(=O)NC(COP(=O)([O-])OCC[N+](C)(C)C)C(/C=C/CCCCCCCCCCC)OC(=O)CCCCCCCCC/C=C\C/C=C\C/C=C\C/C=C\CCCCC. The molecule has 0 bridgehead atoms. The number of esters is 1. The Hall–Kier alpha value is -3.85. The Morgan fingerprint density at radius 2 is 0.823 bits per heavy atom. The van der Waals surface area contributed by atoms with Gasteiger partial charge in [-0.3, -0.25) is 14.2 Å². The standard InChI is InChI=1S/C69H117N2O7P/c1-7-10-13-16-19-22-25-27-29-31-33-34-35-36-38-40-42-44-47-50-53-56-59-62-69(73)78-67(60-57-54-51-48-45-24-21-18-15-12-9-3)66(65-77-79(74,75)76-64-63-71(4,5)6)70-68(72)61-58-55-52-49-46-43-41-39-37-32-30-28-26-23-20-17-14-11-8-2/h11,14,19-20,22-23,27-30,33-34,36-39,43,46,52,55,57,60,66-67H,7-10,12-13,15-18,21,24-26,31-32,35,40-42,44-45,47-51,53-54,56,58-59,61-65H2,1-6H3,(H-,70,72,74,75)/b14-11-,22-19-,23-20-,29-27-,30-28-,34-33-,38-36-,39-37-,46-43-,55-52-,60-57+. The molecule has 0 radical (unpaired) electrons. The summed E-state index contributed by atoms with van der Waals surface area (Å²) in [5, 5.41) is 2.97. The minimum Gasteiger partial charge on any atom is -0.756 e. The van der Waals surface area contributed by atoms with Gasteiger partial charge in [0.15, 0.2) is 0 Å². The molecule has 0 aliphatic rings. The van der Waals surface area contributed by atoms with Crippen molar-refractivity contribution in [2.45, 2.75) is 251 Å². The van der Waals surface area contributed by atoms with E-state index in [1.54, 1.807) is 6.08 Å². The van der Waals surface area contributed by atoms with E-state index in [-0.39, 0.29) is 31.3 Å². The normalized spacial score (nSPS) is 14.6. The maximum Gasteiger partial charge on any atom is 0.306 e. The molecule has 3 unspecified atom stereocenters. The van der Waals surface area contributed by atoms with Crippen LogP contribution in [0.2, 0.25) is 0 Å². The first-order valence-electron chi connectivity index (χ1n) is 31.5. The van der Waals surface area contributed by atoms with Crippen molar-refractivity contribution < 1.29 is 37.3 Å². The molecule has 3 atom stereocenters. The Kier molecular flexibility index (Phi) is 54.6. The molecule has 450 valence electrons. The first-order valence-corrected chi connectivity index (χ1v) is 33.0. The lowest BCUT2D eigenvalue weighted by Gasteiger charge is -2.30. The van der Waals surface area contributed by atoms with Crippen molar-refractivity contribution in [3.05, 3.63) is 134 Å². The summed E-state index contributed by atoms with van der Waals surface area (Å²) in [6.45, 7) is 6.61. The zero-order valence-corrected chi connectivity index (χ0v) is 52.2. The van der Waals surface area contributed by atoms with E-state index in [2.05, 4.69) is 135 Å². The number of rotatable bonds is 55. The van der Waals surface area contributed by atoms with E-state index in [0.717, 1.165) is 103 Å². The highest BCUT2D eigenvalue weighted by Crippen LogP contribution is 2.38. The number of amides is 1. The second-order valence-electron chi connectivity index (χ2n) is 21.8. The average molecular weight is 1120 g/mol. The third-order valence-electron chi connectivity index (χ3n) is 13.1. The maximum absolute atomic E-state index is 13.5. The smallest absolute Gasteiger partial charge is 0.306 e. The molecule has 0 aliphatic heterocycles. The fourth-order valence-electron chi connectivity index (χ4n) is 8.23. The number of nitrogens with zero attached hydrogens (tertiary/aromatic N) is 1. The summed E-state index contributed by atoms with van der Waals surface area (Å²) >= 11 is 0. The summed E-state index contributed by atoms with van der Waals surface area (Å²) in [4.78, 5) is 40.0. The number of hydrogen-bond donors (Lipinski definition) is 1. The first-order chi connectivity index (χ1) is 38.4. The number of likely N-dealkylation sites (N-methyl/N-ethyl adjacent to an activating group) is 1. The van der Waals surface area contributed by atoms with Crippen LogP contribution in [0.4, 0.5) is 0 Å². The minimum absolute atomic E-state index is 0.0452. The summed E-state index contributed by atoms with van der Waals surface area (Å²) in [7, 11) is 1.11. The van der Waals surface area contributed by atoms with Gasteiger partial charge in [-0.2, -0.15) is 0 Å². The Labute approximate surface area is 485 Å². The van der Waals surface area contributed by atoms with Gasteiger partial charge in [0.1, 0.15) is 19.3 Å². The summed E-state index contributed by atoms with van der Waals surface area (Å²) < 4.78 is 30.2. The first kappa shape index (κ1) is 75.2. The maximum atomic E-state index is 13.5.